The number of benzene rings is 3. The van der Waals surface area contributed by atoms with Gasteiger partial charge in [0.15, 0.2) is 5.11 Å². The maximum atomic E-state index is 5.85. The predicted molar refractivity (Wildman–Crippen MR) is 140 cm³/mol. The average molecular weight is 467 g/mol. The normalized spacial score (nSPS) is 16.0. The molecule has 1 aliphatic rings. The van der Waals surface area contributed by atoms with Gasteiger partial charge in [-0.25, -0.2) is 0 Å². The van der Waals surface area contributed by atoms with E-state index in [9.17, 15) is 0 Å². The topological polar surface area (TPSA) is 54.2 Å². The van der Waals surface area contributed by atoms with Crippen LogP contribution in [0, 0.1) is 6.92 Å². The maximum absolute atomic E-state index is 5.85. The number of aromatic nitrogens is 2. The lowest BCUT2D eigenvalue weighted by molar-refractivity contribution is 0.404. The van der Waals surface area contributed by atoms with Gasteiger partial charge in [-0.2, -0.15) is 4.98 Å². The van der Waals surface area contributed by atoms with E-state index in [1.165, 1.54) is 11.1 Å². The van der Waals surface area contributed by atoms with Gasteiger partial charge in [-0.3, -0.25) is 4.90 Å². The highest BCUT2D eigenvalue weighted by atomic mass is 32.1. The van der Waals surface area contributed by atoms with E-state index in [4.69, 9.17) is 21.7 Å². The Hall–Kier alpha value is -3.77. The molecule has 3 aromatic carbocycles. The average Bonchev–Trinajstić information content (AvgIpc) is 3.34. The zero-order valence-electron chi connectivity index (χ0n) is 19.4. The molecule has 0 radical (unpaired) electrons. The molecule has 5 nitrogen and oxygen atoms in total. The number of allylic oxidation sites excluding steroid dienone is 1. The summed E-state index contributed by atoms with van der Waals surface area (Å²) in [6.07, 6.45) is 0.952. The van der Waals surface area contributed by atoms with Crippen molar-refractivity contribution in [2.75, 3.05) is 4.90 Å². The molecule has 0 saturated carbocycles. The zero-order chi connectivity index (χ0) is 23.7. The van der Waals surface area contributed by atoms with Crippen LogP contribution in [0.25, 0.3) is 17.0 Å². The monoisotopic (exact) mass is 466 g/mol. The van der Waals surface area contributed by atoms with Crippen molar-refractivity contribution < 1.29 is 4.52 Å². The Balaban J connectivity index is 1.65. The fourth-order valence-electron chi connectivity index (χ4n) is 4.29. The number of anilines is 1. The molecular weight excluding hydrogens is 440 g/mol. The van der Waals surface area contributed by atoms with Gasteiger partial charge in [0.05, 0.1) is 11.6 Å². The largest absolute Gasteiger partial charge is 0.351 e. The van der Waals surface area contributed by atoms with E-state index < -0.39 is 0 Å². The molecule has 1 atom stereocenters. The lowest BCUT2D eigenvalue weighted by Gasteiger charge is -2.37. The van der Waals surface area contributed by atoms with Crippen LogP contribution in [0.2, 0.25) is 0 Å². The van der Waals surface area contributed by atoms with Crippen molar-refractivity contribution in [3.05, 3.63) is 107 Å². The van der Waals surface area contributed by atoms with Gasteiger partial charge in [0.25, 0.3) is 5.89 Å². The number of hydrogen-bond donors (Lipinski definition) is 1. The van der Waals surface area contributed by atoms with Crippen LogP contribution in [0.3, 0.4) is 0 Å². The van der Waals surface area contributed by atoms with Crippen LogP contribution in [-0.2, 0) is 6.42 Å². The summed E-state index contributed by atoms with van der Waals surface area (Å²) in [5.41, 5.74) is 7.32. The Morgan fingerprint density at radius 2 is 1.74 bits per heavy atom. The van der Waals surface area contributed by atoms with Crippen molar-refractivity contribution in [3.8, 4) is 11.4 Å². The third kappa shape index (κ3) is 4.13. The number of nitrogens with zero attached hydrogens (tertiary/aromatic N) is 3. The van der Waals surface area contributed by atoms with E-state index >= 15 is 0 Å². The molecule has 5 rings (SSSR count). The molecule has 1 aromatic heterocycles. The van der Waals surface area contributed by atoms with Crippen molar-refractivity contribution in [2.24, 2.45) is 0 Å². The molecule has 2 heterocycles. The summed E-state index contributed by atoms with van der Waals surface area (Å²) in [6.45, 7) is 6.27. The first-order valence-corrected chi connectivity index (χ1v) is 11.8. The molecule has 0 amide bonds. The summed E-state index contributed by atoms with van der Waals surface area (Å²) in [4.78, 5) is 6.86. The lowest BCUT2D eigenvalue weighted by Crippen LogP contribution is -2.46. The Morgan fingerprint density at radius 3 is 2.47 bits per heavy atom. The van der Waals surface area contributed by atoms with Gasteiger partial charge in [-0.05, 0) is 55.7 Å². The quantitative estimate of drug-likeness (QED) is 0.340. The third-order valence-electron chi connectivity index (χ3n) is 6.16. The summed E-state index contributed by atoms with van der Waals surface area (Å²) >= 11 is 5.85. The van der Waals surface area contributed by atoms with Gasteiger partial charge in [0, 0.05) is 16.9 Å². The first kappa shape index (κ1) is 22.0. The van der Waals surface area contributed by atoms with Crippen LogP contribution < -0.4 is 10.2 Å². The van der Waals surface area contributed by atoms with Crippen LogP contribution in [-0.4, -0.2) is 15.3 Å². The molecule has 0 aliphatic carbocycles. The Labute approximate surface area is 205 Å². The fourth-order valence-corrected chi connectivity index (χ4v) is 4.65. The Bertz CT molecular complexity index is 1360. The molecule has 170 valence electrons. The van der Waals surface area contributed by atoms with Crippen molar-refractivity contribution in [2.45, 2.75) is 33.2 Å². The van der Waals surface area contributed by atoms with Gasteiger partial charge in [0.1, 0.15) is 0 Å². The maximum Gasteiger partial charge on any atom is 0.258 e. The van der Waals surface area contributed by atoms with E-state index in [-0.39, 0.29) is 6.04 Å². The van der Waals surface area contributed by atoms with E-state index in [0.29, 0.717) is 16.8 Å². The summed E-state index contributed by atoms with van der Waals surface area (Å²) in [7, 11) is 0. The molecule has 0 saturated heterocycles. The second-order valence-electron chi connectivity index (χ2n) is 8.44. The molecule has 6 heteroatoms. The van der Waals surface area contributed by atoms with Gasteiger partial charge in [-0.15, -0.1) is 0 Å². The van der Waals surface area contributed by atoms with Gasteiger partial charge < -0.3 is 9.84 Å². The van der Waals surface area contributed by atoms with Gasteiger partial charge >= 0.3 is 0 Å². The van der Waals surface area contributed by atoms with E-state index in [1.54, 1.807) is 0 Å². The second-order valence-corrected chi connectivity index (χ2v) is 8.83. The minimum absolute atomic E-state index is 0.203. The highest BCUT2D eigenvalue weighted by Gasteiger charge is 2.34. The first-order chi connectivity index (χ1) is 16.5. The predicted octanol–water partition coefficient (Wildman–Crippen LogP) is 6.47. The minimum atomic E-state index is -0.203. The van der Waals surface area contributed by atoms with Crippen molar-refractivity contribution in [1.82, 2.24) is 15.5 Å². The zero-order valence-corrected chi connectivity index (χ0v) is 20.3. The molecule has 1 N–H and O–H groups in total. The Kier molecular flexibility index (Phi) is 5.99. The van der Waals surface area contributed by atoms with Gasteiger partial charge in [0.2, 0.25) is 5.82 Å². The molecule has 0 bridgehead atoms. The third-order valence-corrected chi connectivity index (χ3v) is 6.46. The SMILES string of the molecule is CCc1cccc(N2C(=S)NC(c3ccccc3)C(c3nc(-c4ccc(C)cc4)no3)=C2C)c1. The van der Waals surface area contributed by atoms with Crippen LogP contribution in [0.1, 0.15) is 42.5 Å². The second kappa shape index (κ2) is 9.23. The molecule has 0 spiro atoms. The van der Waals surface area contributed by atoms with Crippen LogP contribution in [0.15, 0.2) is 89.1 Å². The number of nitrogens with one attached hydrogen (secondary N) is 1. The summed E-state index contributed by atoms with van der Waals surface area (Å²) in [5, 5.41) is 8.46. The van der Waals surface area contributed by atoms with Crippen molar-refractivity contribution in [1.29, 1.82) is 0 Å². The molecular formula is C28H26N4OS. The van der Waals surface area contributed by atoms with Crippen LogP contribution >= 0.6 is 12.2 Å². The fraction of sp³-hybridized carbons (Fsp3) is 0.179. The highest BCUT2D eigenvalue weighted by Crippen LogP contribution is 2.39. The molecule has 4 aromatic rings. The number of rotatable bonds is 5. The van der Waals surface area contributed by atoms with E-state index in [2.05, 4.69) is 72.5 Å². The van der Waals surface area contributed by atoms with Gasteiger partial charge in [-0.1, -0.05) is 84.4 Å². The van der Waals surface area contributed by atoms with Crippen LogP contribution in [0.5, 0.6) is 0 Å². The molecule has 1 unspecified atom stereocenters. The van der Waals surface area contributed by atoms with E-state index in [1.807, 2.05) is 42.5 Å². The number of hydrogen-bond acceptors (Lipinski definition) is 4. The first-order valence-electron chi connectivity index (χ1n) is 11.4. The van der Waals surface area contributed by atoms with E-state index in [0.717, 1.165) is 34.5 Å². The summed E-state index contributed by atoms with van der Waals surface area (Å²) in [5.74, 6) is 1.04. The van der Waals surface area contributed by atoms with Crippen LogP contribution in [0.4, 0.5) is 5.69 Å². The lowest BCUT2D eigenvalue weighted by atomic mass is 9.94. The molecule has 34 heavy (non-hydrogen) atoms. The molecule has 1 aliphatic heterocycles. The molecule has 0 fully saturated rings. The Morgan fingerprint density at radius 1 is 0.971 bits per heavy atom. The van der Waals surface area contributed by atoms with Crippen molar-refractivity contribution in [3.63, 3.8) is 0 Å². The minimum Gasteiger partial charge on any atom is -0.351 e. The van der Waals surface area contributed by atoms with Crippen molar-refractivity contribution >= 4 is 28.6 Å². The highest BCUT2D eigenvalue weighted by molar-refractivity contribution is 7.80. The smallest absolute Gasteiger partial charge is 0.258 e. The summed E-state index contributed by atoms with van der Waals surface area (Å²) < 4.78 is 5.85. The number of thiocarbonyl (C=S) groups is 1. The summed E-state index contributed by atoms with van der Waals surface area (Å²) in [6, 6.07) is 26.6. The standard InChI is InChI=1S/C28H26N4OS/c1-4-20-9-8-12-23(17-20)32-19(3)24(25(29-28(32)34)21-10-6-5-7-11-21)27-30-26(31-33-27)22-15-13-18(2)14-16-22/h5-17,25H,4H2,1-3H3,(H,29,34). The number of aryl methyl sites for hydroxylation is 2.